The third kappa shape index (κ3) is 4.80. The van der Waals surface area contributed by atoms with Crippen LogP contribution in [0.15, 0.2) is 53.7 Å². The maximum Gasteiger partial charge on any atom is 0.331 e. The smallest absolute Gasteiger partial charge is 0.331 e. The Morgan fingerprint density at radius 2 is 1.85 bits per heavy atom. The molecule has 2 aromatic heterocycles. The van der Waals surface area contributed by atoms with Crippen LogP contribution in [0.4, 0.5) is 20.4 Å². The van der Waals surface area contributed by atoms with E-state index >= 15 is 0 Å². The van der Waals surface area contributed by atoms with E-state index in [1.807, 2.05) is 48.5 Å². The number of nitrogens with zero attached hydrogens (tertiary/aromatic N) is 5. The lowest BCUT2D eigenvalue weighted by Gasteiger charge is -2.24. The van der Waals surface area contributed by atoms with Crippen LogP contribution < -0.4 is 10.6 Å². The SMILES string of the molecule is CNC1(C)CCN(C(=O)c2ccc([NH2+]c3ncc4c(n3)-c3nc(C)sc3C(c3c(F)cccc3F)=NC4)cc2)C1. The van der Waals surface area contributed by atoms with Crippen molar-refractivity contribution >= 4 is 34.6 Å². The average molecular weight is 561 g/mol. The Bertz CT molecular complexity index is 1630. The van der Waals surface area contributed by atoms with Gasteiger partial charge in [0, 0.05) is 48.1 Å². The van der Waals surface area contributed by atoms with Gasteiger partial charge in [0.2, 0.25) is 0 Å². The van der Waals surface area contributed by atoms with Gasteiger partial charge in [-0.15, -0.1) is 11.3 Å². The number of nitrogens with two attached hydrogens (primary N) is 1. The van der Waals surface area contributed by atoms with Gasteiger partial charge < -0.3 is 10.2 Å². The van der Waals surface area contributed by atoms with Crippen LogP contribution in [-0.4, -0.2) is 57.1 Å². The van der Waals surface area contributed by atoms with Crippen molar-refractivity contribution in [1.82, 2.24) is 25.2 Å². The van der Waals surface area contributed by atoms with E-state index in [-0.39, 0.29) is 29.3 Å². The number of amides is 1. The van der Waals surface area contributed by atoms with Crippen LogP contribution in [0.2, 0.25) is 0 Å². The van der Waals surface area contributed by atoms with Gasteiger partial charge in [0.25, 0.3) is 5.91 Å². The summed E-state index contributed by atoms with van der Waals surface area (Å²) in [5.41, 5.74) is 3.32. The molecule has 1 fully saturated rings. The second-order valence-electron chi connectivity index (χ2n) is 10.3. The number of carbonyl (C=O) groups excluding carboxylic acids is 1. The van der Waals surface area contributed by atoms with E-state index in [1.54, 1.807) is 6.20 Å². The maximum atomic E-state index is 14.7. The molecule has 40 heavy (non-hydrogen) atoms. The molecule has 0 saturated carbocycles. The quantitative estimate of drug-likeness (QED) is 0.361. The molecule has 8 nitrogen and oxygen atoms in total. The minimum atomic E-state index is -0.676. The highest BCUT2D eigenvalue weighted by molar-refractivity contribution is 7.14. The van der Waals surface area contributed by atoms with E-state index in [9.17, 15) is 13.6 Å². The van der Waals surface area contributed by atoms with Crippen molar-refractivity contribution in [3.63, 3.8) is 0 Å². The van der Waals surface area contributed by atoms with Gasteiger partial charge in [0.05, 0.1) is 27.7 Å². The number of quaternary nitrogens is 1. The summed E-state index contributed by atoms with van der Waals surface area (Å²) in [6.07, 6.45) is 2.60. The molecule has 204 valence electrons. The predicted molar refractivity (Wildman–Crippen MR) is 149 cm³/mol. The molecule has 0 radical (unpaired) electrons. The van der Waals surface area contributed by atoms with E-state index in [0.29, 0.717) is 34.3 Å². The lowest BCUT2D eigenvalue weighted by atomic mass is 10.0. The Labute approximate surface area is 234 Å². The van der Waals surface area contributed by atoms with Crippen LogP contribution in [-0.2, 0) is 6.54 Å². The molecule has 3 N–H and O–H groups in total. The second kappa shape index (κ2) is 10.2. The Morgan fingerprint density at radius 3 is 2.55 bits per heavy atom. The lowest BCUT2D eigenvalue weighted by Crippen LogP contribution is -2.72. The first-order valence-corrected chi connectivity index (χ1v) is 13.8. The first-order valence-electron chi connectivity index (χ1n) is 13.0. The molecule has 0 bridgehead atoms. The number of benzene rings is 2. The van der Waals surface area contributed by atoms with Gasteiger partial charge in [-0.1, -0.05) is 6.07 Å². The number of likely N-dealkylation sites (tertiary alicyclic amines) is 1. The fourth-order valence-electron chi connectivity index (χ4n) is 5.10. The minimum absolute atomic E-state index is 0.0142. The fourth-order valence-corrected chi connectivity index (χ4v) is 6.04. The highest BCUT2D eigenvalue weighted by atomic mass is 32.1. The summed E-state index contributed by atoms with van der Waals surface area (Å²) >= 11 is 1.33. The zero-order valence-corrected chi connectivity index (χ0v) is 23.1. The molecule has 1 atom stereocenters. The molecule has 1 amide bonds. The number of hydrogen-bond donors (Lipinski definition) is 2. The van der Waals surface area contributed by atoms with Crippen molar-refractivity contribution in [2.75, 3.05) is 20.1 Å². The molecule has 0 spiro atoms. The highest BCUT2D eigenvalue weighted by Gasteiger charge is 2.35. The van der Waals surface area contributed by atoms with Crippen molar-refractivity contribution in [2.24, 2.45) is 4.99 Å². The van der Waals surface area contributed by atoms with E-state index in [0.717, 1.165) is 29.2 Å². The van der Waals surface area contributed by atoms with Crippen molar-refractivity contribution in [2.45, 2.75) is 32.4 Å². The van der Waals surface area contributed by atoms with Gasteiger partial charge in [-0.2, -0.15) is 9.97 Å². The number of aromatic nitrogens is 3. The van der Waals surface area contributed by atoms with Gasteiger partial charge in [0.1, 0.15) is 28.7 Å². The highest BCUT2D eigenvalue weighted by Crippen LogP contribution is 2.35. The molecule has 2 aromatic carbocycles. The van der Waals surface area contributed by atoms with Crippen LogP contribution in [0.5, 0.6) is 0 Å². The van der Waals surface area contributed by atoms with Gasteiger partial charge in [-0.05, 0) is 51.6 Å². The number of carbonyl (C=O) groups is 1. The van der Waals surface area contributed by atoms with Gasteiger partial charge in [0.15, 0.2) is 0 Å². The van der Waals surface area contributed by atoms with Crippen molar-refractivity contribution in [3.8, 4) is 11.4 Å². The normalized spacial score (nSPS) is 18.2. The van der Waals surface area contributed by atoms with Crippen LogP contribution in [0.3, 0.4) is 0 Å². The number of likely N-dealkylation sites (N-methyl/N-ethyl adjacent to an activating group) is 1. The fraction of sp³-hybridized carbons (Fsp3) is 0.276. The third-order valence-electron chi connectivity index (χ3n) is 7.48. The number of fused-ring (bicyclic) bond motifs is 3. The number of thiazole rings is 1. The third-order valence-corrected chi connectivity index (χ3v) is 8.46. The molecule has 4 aromatic rings. The molecule has 0 aliphatic carbocycles. The minimum Gasteiger partial charge on any atom is -0.337 e. The van der Waals surface area contributed by atoms with Gasteiger partial charge in [-0.3, -0.25) is 9.79 Å². The summed E-state index contributed by atoms with van der Waals surface area (Å²) in [5, 5.41) is 5.86. The van der Waals surface area contributed by atoms with E-state index in [2.05, 4.69) is 27.2 Å². The summed E-state index contributed by atoms with van der Waals surface area (Å²) in [5.74, 6) is -0.881. The van der Waals surface area contributed by atoms with Crippen molar-refractivity contribution in [3.05, 3.63) is 86.9 Å². The van der Waals surface area contributed by atoms with Gasteiger partial charge >= 0.3 is 5.95 Å². The first kappa shape index (κ1) is 26.3. The first-order chi connectivity index (χ1) is 19.2. The Kier molecular flexibility index (Phi) is 6.73. The molecule has 1 saturated heterocycles. The molecule has 6 rings (SSSR count). The van der Waals surface area contributed by atoms with Crippen LogP contribution >= 0.6 is 11.3 Å². The van der Waals surface area contributed by atoms with Gasteiger partial charge in [-0.25, -0.2) is 19.1 Å². The molecule has 2 aliphatic rings. The number of aliphatic imine (C=N–C) groups is 1. The van der Waals surface area contributed by atoms with Crippen LogP contribution in [0, 0.1) is 18.6 Å². The summed E-state index contributed by atoms with van der Waals surface area (Å²) in [4.78, 5) is 34.0. The largest absolute Gasteiger partial charge is 0.337 e. The molecule has 11 heteroatoms. The Balaban J connectivity index is 1.26. The summed E-state index contributed by atoms with van der Waals surface area (Å²) in [6.45, 7) is 5.53. The Hall–Kier alpha value is -3.93. The molecule has 1 unspecified atom stereocenters. The lowest BCUT2D eigenvalue weighted by molar-refractivity contribution is -0.487. The molecular weight excluding hydrogens is 532 g/mol. The van der Waals surface area contributed by atoms with Crippen LogP contribution in [0.25, 0.3) is 11.4 Å². The second-order valence-corrected chi connectivity index (χ2v) is 11.5. The van der Waals surface area contributed by atoms with E-state index in [1.165, 1.54) is 29.5 Å². The van der Waals surface area contributed by atoms with E-state index in [4.69, 9.17) is 4.98 Å². The summed E-state index contributed by atoms with van der Waals surface area (Å²) in [7, 11) is 1.92. The van der Waals surface area contributed by atoms with E-state index < -0.39 is 11.6 Å². The summed E-state index contributed by atoms with van der Waals surface area (Å²) in [6, 6.07) is 11.2. The van der Waals surface area contributed by atoms with Crippen molar-refractivity contribution in [1.29, 1.82) is 0 Å². The molecule has 2 aliphatic heterocycles. The maximum absolute atomic E-state index is 14.7. The Morgan fingerprint density at radius 1 is 1.10 bits per heavy atom. The predicted octanol–water partition coefficient (Wildman–Crippen LogP) is 3.89. The summed E-state index contributed by atoms with van der Waals surface area (Å²) < 4.78 is 29.4. The molecule has 4 heterocycles. The number of nitrogens with one attached hydrogen (secondary N) is 1. The zero-order chi connectivity index (χ0) is 28.0. The monoisotopic (exact) mass is 560 g/mol. The molecular formula is C29H28F2N7OS+. The number of aryl methyl sites for hydroxylation is 1. The van der Waals surface area contributed by atoms with Crippen molar-refractivity contribution < 1.29 is 18.9 Å². The number of halogens is 2. The standard InChI is InChI=1S/C29H27F2N7OS/c1-16-35-25-23-18(13-33-24(26(25)40-16)22-20(30)5-4-6-21(22)31)14-34-28(37-23)36-19-9-7-17(8-10-19)27(39)38-12-11-29(2,15-38)32-3/h4-10,14,32H,11-13,15H2,1-3H3,(H,34,36,37)/p+1. The number of rotatable bonds is 5. The number of hydrogen-bond acceptors (Lipinski definition) is 7. The average Bonchev–Trinajstić information content (AvgIpc) is 3.50. The zero-order valence-electron chi connectivity index (χ0n) is 22.3. The van der Waals surface area contributed by atoms with Crippen LogP contribution in [0.1, 0.15) is 44.7 Å². The topological polar surface area (TPSA) is 100.0 Å².